The molecule has 2 aromatic carbocycles. The van der Waals surface area contributed by atoms with Crippen LogP contribution >= 0.6 is 11.6 Å². The van der Waals surface area contributed by atoms with Crippen LogP contribution in [-0.4, -0.2) is 0 Å². The van der Waals surface area contributed by atoms with Crippen molar-refractivity contribution in [2.24, 2.45) is 0 Å². The Labute approximate surface area is 123 Å². The lowest BCUT2D eigenvalue weighted by Gasteiger charge is -2.16. The Kier molecular flexibility index (Phi) is 3.41. The SMILES string of the molecule is Cc1cccc(Cl)c1NC(C)c1cc2ccccc2o1. The quantitative estimate of drug-likeness (QED) is 0.681. The average Bonchev–Trinajstić information content (AvgIpc) is 2.87. The fourth-order valence-corrected chi connectivity index (χ4v) is 2.59. The Bertz CT molecular complexity index is 694. The molecule has 0 radical (unpaired) electrons. The molecule has 0 aliphatic heterocycles. The van der Waals surface area contributed by atoms with Crippen molar-refractivity contribution in [2.75, 3.05) is 5.32 Å². The molecule has 3 aromatic rings. The minimum atomic E-state index is 0.0565. The largest absolute Gasteiger partial charge is 0.459 e. The third-order valence-corrected chi connectivity index (χ3v) is 3.77. The van der Waals surface area contributed by atoms with E-state index in [-0.39, 0.29) is 6.04 Å². The van der Waals surface area contributed by atoms with Crippen molar-refractivity contribution in [3.8, 4) is 0 Å². The highest BCUT2D eigenvalue weighted by molar-refractivity contribution is 6.33. The topological polar surface area (TPSA) is 25.2 Å². The van der Waals surface area contributed by atoms with Crippen LogP contribution in [0.4, 0.5) is 5.69 Å². The average molecular weight is 286 g/mol. The summed E-state index contributed by atoms with van der Waals surface area (Å²) in [4.78, 5) is 0. The zero-order valence-electron chi connectivity index (χ0n) is 11.5. The second-order valence-corrected chi connectivity index (χ2v) is 5.39. The Hall–Kier alpha value is -1.93. The normalized spacial score (nSPS) is 12.6. The maximum absolute atomic E-state index is 6.25. The molecule has 2 nitrogen and oxygen atoms in total. The number of rotatable bonds is 3. The van der Waals surface area contributed by atoms with Crippen molar-refractivity contribution in [1.82, 2.24) is 0 Å². The molecule has 3 heteroatoms. The molecule has 102 valence electrons. The van der Waals surface area contributed by atoms with E-state index in [9.17, 15) is 0 Å². The first-order valence-electron chi connectivity index (χ1n) is 6.65. The van der Waals surface area contributed by atoms with Gasteiger partial charge in [-0.3, -0.25) is 0 Å². The third-order valence-electron chi connectivity index (χ3n) is 3.45. The summed E-state index contributed by atoms with van der Waals surface area (Å²) in [6.07, 6.45) is 0. The third kappa shape index (κ3) is 2.39. The van der Waals surface area contributed by atoms with Gasteiger partial charge in [-0.1, -0.05) is 41.9 Å². The van der Waals surface area contributed by atoms with E-state index >= 15 is 0 Å². The Balaban J connectivity index is 1.91. The molecule has 1 atom stereocenters. The first kappa shape index (κ1) is 13.1. The van der Waals surface area contributed by atoms with Crippen LogP contribution in [0, 0.1) is 6.92 Å². The van der Waals surface area contributed by atoms with Crippen LogP contribution in [0.2, 0.25) is 5.02 Å². The fourth-order valence-electron chi connectivity index (χ4n) is 2.32. The van der Waals surface area contributed by atoms with Crippen LogP contribution in [0.3, 0.4) is 0 Å². The van der Waals surface area contributed by atoms with E-state index in [1.54, 1.807) is 0 Å². The minimum absolute atomic E-state index is 0.0565. The molecule has 3 rings (SSSR count). The first-order valence-corrected chi connectivity index (χ1v) is 7.03. The molecule has 1 unspecified atom stereocenters. The Morgan fingerprint density at radius 1 is 1.10 bits per heavy atom. The molecule has 0 saturated heterocycles. The molecule has 1 N–H and O–H groups in total. The smallest absolute Gasteiger partial charge is 0.134 e. The fraction of sp³-hybridized carbons (Fsp3) is 0.176. The van der Waals surface area contributed by atoms with E-state index in [2.05, 4.69) is 24.4 Å². The van der Waals surface area contributed by atoms with Crippen molar-refractivity contribution in [2.45, 2.75) is 19.9 Å². The summed E-state index contributed by atoms with van der Waals surface area (Å²) < 4.78 is 5.88. The van der Waals surface area contributed by atoms with E-state index in [1.165, 1.54) is 0 Å². The van der Waals surface area contributed by atoms with Gasteiger partial charge in [-0.2, -0.15) is 0 Å². The standard InChI is InChI=1S/C17H16ClNO/c1-11-6-5-8-14(18)17(11)19-12(2)16-10-13-7-3-4-9-15(13)20-16/h3-10,12,19H,1-2H3. The van der Waals surface area contributed by atoms with E-state index in [0.29, 0.717) is 0 Å². The molecule has 0 aliphatic rings. The van der Waals surface area contributed by atoms with Crippen molar-refractivity contribution >= 4 is 28.3 Å². The summed E-state index contributed by atoms with van der Waals surface area (Å²) in [6.45, 7) is 4.11. The number of furan rings is 1. The minimum Gasteiger partial charge on any atom is -0.459 e. The van der Waals surface area contributed by atoms with Gasteiger partial charge in [-0.05, 0) is 37.6 Å². The van der Waals surface area contributed by atoms with Crippen molar-refractivity contribution < 1.29 is 4.42 Å². The van der Waals surface area contributed by atoms with Gasteiger partial charge in [-0.15, -0.1) is 0 Å². The molecule has 0 bridgehead atoms. The number of nitrogens with one attached hydrogen (secondary N) is 1. The first-order chi connectivity index (χ1) is 9.65. The highest BCUT2D eigenvalue weighted by atomic mass is 35.5. The number of anilines is 1. The van der Waals surface area contributed by atoms with Gasteiger partial charge in [0.25, 0.3) is 0 Å². The van der Waals surface area contributed by atoms with Crippen molar-refractivity contribution in [3.63, 3.8) is 0 Å². The number of aryl methyl sites for hydroxylation is 1. The van der Waals surface area contributed by atoms with Gasteiger partial charge in [0.05, 0.1) is 16.8 Å². The summed E-state index contributed by atoms with van der Waals surface area (Å²) in [5.74, 6) is 0.908. The van der Waals surface area contributed by atoms with Gasteiger partial charge in [-0.25, -0.2) is 0 Å². The molecule has 1 aromatic heterocycles. The van der Waals surface area contributed by atoms with Crippen molar-refractivity contribution in [1.29, 1.82) is 0 Å². The lowest BCUT2D eigenvalue weighted by molar-refractivity contribution is 0.526. The van der Waals surface area contributed by atoms with Gasteiger partial charge < -0.3 is 9.73 Å². The Morgan fingerprint density at radius 2 is 1.90 bits per heavy atom. The van der Waals surface area contributed by atoms with Gasteiger partial charge in [0.2, 0.25) is 0 Å². The molecule has 0 fully saturated rings. The van der Waals surface area contributed by atoms with E-state index in [4.69, 9.17) is 16.0 Å². The maximum atomic E-state index is 6.25. The molecule has 20 heavy (non-hydrogen) atoms. The zero-order valence-corrected chi connectivity index (χ0v) is 12.2. The molecule has 0 aliphatic carbocycles. The van der Waals surface area contributed by atoms with Crippen LogP contribution < -0.4 is 5.32 Å². The van der Waals surface area contributed by atoms with E-state index < -0.39 is 0 Å². The predicted octanol–water partition coefficient (Wildman–Crippen LogP) is 5.57. The number of benzene rings is 2. The molecule has 1 heterocycles. The second kappa shape index (κ2) is 5.22. The molecule has 0 amide bonds. The van der Waals surface area contributed by atoms with Crippen molar-refractivity contribution in [3.05, 3.63) is 64.9 Å². The molecule has 0 saturated carbocycles. The monoisotopic (exact) mass is 285 g/mol. The number of hydrogen-bond acceptors (Lipinski definition) is 2. The lowest BCUT2D eigenvalue weighted by Crippen LogP contribution is -2.07. The van der Waals surface area contributed by atoms with E-state index in [0.717, 1.165) is 33.0 Å². The lowest BCUT2D eigenvalue weighted by atomic mass is 10.1. The van der Waals surface area contributed by atoms with E-state index in [1.807, 2.05) is 43.3 Å². The van der Waals surface area contributed by atoms with Crippen LogP contribution in [0.25, 0.3) is 11.0 Å². The summed E-state index contributed by atoms with van der Waals surface area (Å²) in [7, 11) is 0. The van der Waals surface area contributed by atoms with Crippen LogP contribution in [0.5, 0.6) is 0 Å². The van der Waals surface area contributed by atoms with Gasteiger partial charge in [0, 0.05) is 5.39 Å². The van der Waals surface area contributed by atoms with Gasteiger partial charge >= 0.3 is 0 Å². The summed E-state index contributed by atoms with van der Waals surface area (Å²) in [5, 5.41) is 5.28. The second-order valence-electron chi connectivity index (χ2n) is 4.98. The summed E-state index contributed by atoms with van der Waals surface area (Å²) in [5.41, 5.74) is 3.00. The molecular weight excluding hydrogens is 270 g/mol. The summed E-state index contributed by atoms with van der Waals surface area (Å²) in [6, 6.07) is 16.0. The highest BCUT2D eigenvalue weighted by Gasteiger charge is 2.13. The highest BCUT2D eigenvalue weighted by Crippen LogP contribution is 2.31. The van der Waals surface area contributed by atoms with Crippen LogP contribution in [0.1, 0.15) is 24.3 Å². The number of para-hydroxylation sites is 2. The maximum Gasteiger partial charge on any atom is 0.134 e. The number of halogens is 1. The van der Waals surface area contributed by atoms with Crippen LogP contribution in [-0.2, 0) is 0 Å². The Morgan fingerprint density at radius 3 is 2.65 bits per heavy atom. The number of fused-ring (bicyclic) bond motifs is 1. The van der Waals surface area contributed by atoms with Gasteiger partial charge in [0.1, 0.15) is 11.3 Å². The summed E-state index contributed by atoms with van der Waals surface area (Å²) >= 11 is 6.25. The predicted molar refractivity (Wildman–Crippen MR) is 84.4 cm³/mol. The van der Waals surface area contributed by atoms with Gasteiger partial charge in [0.15, 0.2) is 0 Å². The molecular formula is C17H16ClNO. The molecule has 0 spiro atoms. The zero-order chi connectivity index (χ0) is 14.1. The number of hydrogen-bond donors (Lipinski definition) is 1. The van der Waals surface area contributed by atoms with Crippen LogP contribution in [0.15, 0.2) is 52.9 Å².